The van der Waals surface area contributed by atoms with Crippen molar-refractivity contribution in [1.82, 2.24) is 14.9 Å². The van der Waals surface area contributed by atoms with Crippen LogP contribution in [0.2, 0.25) is 0 Å². The first-order chi connectivity index (χ1) is 9.78. The summed E-state index contributed by atoms with van der Waals surface area (Å²) in [6.45, 7) is 3.38. The number of nitrogens with one attached hydrogen (secondary N) is 1. The topological polar surface area (TPSA) is 82.2 Å². The highest BCUT2D eigenvalue weighted by Gasteiger charge is 2.36. The van der Waals surface area contributed by atoms with E-state index in [1.54, 1.807) is 12.3 Å². The summed E-state index contributed by atoms with van der Waals surface area (Å²) in [7, 11) is 0. The average molecular weight is 276 g/mol. The molecule has 1 aliphatic rings. The number of amides is 1. The standard InChI is InChI=1S/C13H16N4O3/c1-2-17-8-9(7-14-17)12-10(3-5-19-12)13(18)15-11-4-6-20-16-11/h4,6-8,10,12H,2-3,5H2,1H3,(H,15,16,18)/t10-,12+/m0/s1. The van der Waals surface area contributed by atoms with E-state index in [2.05, 4.69) is 15.6 Å². The first-order valence-corrected chi connectivity index (χ1v) is 6.63. The Morgan fingerprint density at radius 1 is 1.60 bits per heavy atom. The maximum atomic E-state index is 12.3. The molecule has 3 heterocycles. The van der Waals surface area contributed by atoms with Gasteiger partial charge in [0.25, 0.3) is 0 Å². The summed E-state index contributed by atoms with van der Waals surface area (Å²) in [6.07, 6.45) is 5.54. The Bertz CT molecular complexity index is 578. The van der Waals surface area contributed by atoms with Crippen LogP contribution in [0.1, 0.15) is 25.0 Å². The van der Waals surface area contributed by atoms with Crippen molar-refractivity contribution < 1.29 is 14.1 Å². The molecule has 3 rings (SSSR count). The molecule has 1 N–H and O–H groups in total. The van der Waals surface area contributed by atoms with Gasteiger partial charge in [0.15, 0.2) is 5.82 Å². The monoisotopic (exact) mass is 276 g/mol. The molecule has 1 amide bonds. The Labute approximate surface area is 115 Å². The summed E-state index contributed by atoms with van der Waals surface area (Å²) in [5.74, 6) is 0.0803. The van der Waals surface area contributed by atoms with Gasteiger partial charge < -0.3 is 14.6 Å². The SMILES string of the molecule is CCn1cc([C@H]2OCC[C@@H]2C(=O)Nc2ccon2)cn1. The largest absolute Gasteiger partial charge is 0.373 e. The second-order valence-corrected chi connectivity index (χ2v) is 4.69. The van der Waals surface area contributed by atoms with Crippen molar-refractivity contribution >= 4 is 11.7 Å². The Morgan fingerprint density at radius 3 is 3.20 bits per heavy atom. The second-order valence-electron chi connectivity index (χ2n) is 4.69. The summed E-state index contributed by atoms with van der Waals surface area (Å²) in [6, 6.07) is 1.61. The minimum Gasteiger partial charge on any atom is -0.373 e. The molecule has 1 saturated heterocycles. The number of carbonyl (C=O) groups is 1. The first-order valence-electron chi connectivity index (χ1n) is 6.63. The molecule has 0 radical (unpaired) electrons. The predicted octanol–water partition coefficient (Wildman–Crippen LogP) is 1.61. The minimum atomic E-state index is -0.248. The summed E-state index contributed by atoms with van der Waals surface area (Å²) in [4.78, 5) is 12.3. The molecule has 2 aromatic rings. The van der Waals surface area contributed by atoms with Gasteiger partial charge in [0.05, 0.1) is 18.2 Å². The number of anilines is 1. The molecule has 0 aliphatic carbocycles. The lowest BCUT2D eigenvalue weighted by Crippen LogP contribution is -2.25. The molecule has 2 aromatic heterocycles. The Kier molecular flexibility index (Phi) is 3.51. The highest BCUT2D eigenvalue weighted by molar-refractivity contribution is 5.92. The molecule has 20 heavy (non-hydrogen) atoms. The van der Waals surface area contributed by atoms with E-state index in [9.17, 15) is 4.79 Å². The predicted molar refractivity (Wildman–Crippen MR) is 69.8 cm³/mol. The molecular weight excluding hydrogens is 260 g/mol. The fraction of sp³-hybridized carbons (Fsp3) is 0.462. The fourth-order valence-electron chi connectivity index (χ4n) is 2.38. The molecule has 7 nitrogen and oxygen atoms in total. The fourth-order valence-corrected chi connectivity index (χ4v) is 2.38. The van der Waals surface area contributed by atoms with Crippen LogP contribution in [0.5, 0.6) is 0 Å². The van der Waals surface area contributed by atoms with Gasteiger partial charge in [-0.15, -0.1) is 0 Å². The molecule has 0 saturated carbocycles. The van der Waals surface area contributed by atoms with Crippen LogP contribution in [0.4, 0.5) is 5.82 Å². The zero-order valence-corrected chi connectivity index (χ0v) is 11.2. The number of aromatic nitrogens is 3. The van der Waals surface area contributed by atoms with Crippen LogP contribution in [-0.4, -0.2) is 27.5 Å². The van der Waals surface area contributed by atoms with Crippen molar-refractivity contribution in [2.24, 2.45) is 5.92 Å². The van der Waals surface area contributed by atoms with Gasteiger partial charge in [0, 0.05) is 31.0 Å². The zero-order chi connectivity index (χ0) is 13.9. The first kappa shape index (κ1) is 12.9. The normalized spacial score (nSPS) is 22.1. The molecule has 1 aliphatic heterocycles. The van der Waals surface area contributed by atoms with Crippen molar-refractivity contribution in [3.63, 3.8) is 0 Å². The molecule has 2 atom stereocenters. The van der Waals surface area contributed by atoms with Crippen molar-refractivity contribution in [2.75, 3.05) is 11.9 Å². The van der Waals surface area contributed by atoms with E-state index in [4.69, 9.17) is 9.26 Å². The van der Waals surface area contributed by atoms with Crippen molar-refractivity contribution in [2.45, 2.75) is 26.0 Å². The van der Waals surface area contributed by atoms with Crippen molar-refractivity contribution in [1.29, 1.82) is 0 Å². The summed E-state index contributed by atoms with van der Waals surface area (Å²) >= 11 is 0. The van der Waals surface area contributed by atoms with Crippen LogP contribution < -0.4 is 5.32 Å². The zero-order valence-electron chi connectivity index (χ0n) is 11.2. The van der Waals surface area contributed by atoms with Crippen molar-refractivity contribution in [3.8, 4) is 0 Å². The molecule has 7 heteroatoms. The van der Waals surface area contributed by atoms with Gasteiger partial charge in [-0.1, -0.05) is 5.16 Å². The Balaban J connectivity index is 1.73. The molecule has 0 spiro atoms. The maximum Gasteiger partial charge on any atom is 0.231 e. The lowest BCUT2D eigenvalue weighted by Gasteiger charge is -2.15. The third-order valence-corrected chi connectivity index (χ3v) is 3.42. The quantitative estimate of drug-likeness (QED) is 0.917. The number of aryl methyl sites for hydroxylation is 1. The number of nitrogens with zero attached hydrogens (tertiary/aromatic N) is 3. The van der Waals surface area contributed by atoms with Crippen LogP contribution in [-0.2, 0) is 16.1 Å². The van der Waals surface area contributed by atoms with E-state index in [1.165, 1.54) is 6.26 Å². The molecule has 1 fully saturated rings. The number of hydrogen-bond donors (Lipinski definition) is 1. The second kappa shape index (κ2) is 5.46. The summed E-state index contributed by atoms with van der Waals surface area (Å²) in [5.41, 5.74) is 0.935. The van der Waals surface area contributed by atoms with E-state index in [0.29, 0.717) is 18.8 Å². The number of ether oxygens (including phenoxy) is 1. The molecular formula is C13H16N4O3. The lowest BCUT2D eigenvalue weighted by molar-refractivity contribution is -0.121. The lowest BCUT2D eigenvalue weighted by atomic mass is 9.96. The highest BCUT2D eigenvalue weighted by atomic mass is 16.5. The third-order valence-electron chi connectivity index (χ3n) is 3.42. The van der Waals surface area contributed by atoms with Crippen LogP contribution >= 0.6 is 0 Å². The average Bonchev–Trinajstić information content (AvgIpc) is 3.19. The van der Waals surface area contributed by atoms with E-state index >= 15 is 0 Å². The van der Waals surface area contributed by atoms with E-state index < -0.39 is 0 Å². The summed E-state index contributed by atoms with van der Waals surface area (Å²) in [5, 5.41) is 10.6. The van der Waals surface area contributed by atoms with Gasteiger partial charge in [-0.25, -0.2) is 0 Å². The molecule has 106 valence electrons. The third kappa shape index (κ3) is 2.44. The van der Waals surface area contributed by atoms with Gasteiger partial charge in [-0.3, -0.25) is 9.48 Å². The molecule has 0 unspecified atom stereocenters. The van der Waals surface area contributed by atoms with E-state index in [0.717, 1.165) is 12.1 Å². The van der Waals surface area contributed by atoms with Gasteiger partial charge in [-0.05, 0) is 13.3 Å². The molecule has 0 aromatic carbocycles. The number of hydrogen-bond acceptors (Lipinski definition) is 5. The molecule has 0 bridgehead atoms. The van der Waals surface area contributed by atoms with Gasteiger partial charge in [0.1, 0.15) is 6.26 Å². The van der Waals surface area contributed by atoms with Crippen molar-refractivity contribution in [3.05, 3.63) is 30.3 Å². The maximum absolute atomic E-state index is 12.3. The van der Waals surface area contributed by atoms with Gasteiger partial charge in [-0.2, -0.15) is 5.10 Å². The van der Waals surface area contributed by atoms with Crippen LogP contribution in [0.25, 0.3) is 0 Å². The minimum absolute atomic E-state index is 0.106. The van der Waals surface area contributed by atoms with Crippen LogP contribution in [0.3, 0.4) is 0 Å². The number of carbonyl (C=O) groups excluding carboxylic acids is 1. The van der Waals surface area contributed by atoms with Gasteiger partial charge in [0.2, 0.25) is 5.91 Å². The smallest absolute Gasteiger partial charge is 0.231 e. The van der Waals surface area contributed by atoms with Crippen LogP contribution in [0, 0.1) is 5.92 Å². The Hall–Kier alpha value is -2.15. The Morgan fingerprint density at radius 2 is 2.50 bits per heavy atom. The van der Waals surface area contributed by atoms with Gasteiger partial charge >= 0.3 is 0 Å². The number of rotatable bonds is 4. The van der Waals surface area contributed by atoms with E-state index in [1.807, 2.05) is 17.8 Å². The van der Waals surface area contributed by atoms with E-state index in [-0.39, 0.29) is 17.9 Å². The highest BCUT2D eigenvalue weighted by Crippen LogP contribution is 2.35. The summed E-state index contributed by atoms with van der Waals surface area (Å²) < 4.78 is 12.2. The van der Waals surface area contributed by atoms with Crippen LogP contribution in [0.15, 0.2) is 29.2 Å².